The molecule has 4 nitrogen and oxygen atoms in total. The molecule has 2 rings (SSSR count). The average Bonchev–Trinajstić information content (AvgIpc) is 2.97. The number of rotatable bonds is 5. The maximum Gasteiger partial charge on any atom is 0.256 e. The molecule has 1 aromatic carbocycles. The zero-order chi connectivity index (χ0) is 15.4. The van der Waals surface area contributed by atoms with Crippen molar-refractivity contribution in [1.82, 2.24) is 4.90 Å². The Balaban J connectivity index is 2.30. The Morgan fingerprint density at radius 3 is 2.71 bits per heavy atom. The number of nitrogens with zero attached hydrogens (tertiary/aromatic N) is 1. The fourth-order valence-corrected chi connectivity index (χ4v) is 2.76. The predicted molar refractivity (Wildman–Crippen MR) is 86.7 cm³/mol. The predicted octanol–water partition coefficient (Wildman–Crippen LogP) is 3.39. The van der Waals surface area contributed by atoms with Gasteiger partial charge in [0.2, 0.25) is 0 Å². The molecule has 0 radical (unpaired) electrons. The van der Waals surface area contributed by atoms with E-state index in [4.69, 9.17) is 10.5 Å². The van der Waals surface area contributed by atoms with Gasteiger partial charge < -0.3 is 15.4 Å². The SMILES string of the molecule is COc1ccc(N)c(C(=O)N(Cc2cccs2)C(C)C)c1. The molecule has 2 aromatic rings. The quantitative estimate of drug-likeness (QED) is 0.861. The highest BCUT2D eigenvalue weighted by molar-refractivity contribution is 7.09. The average molecular weight is 304 g/mol. The Bertz CT molecular complexity index is 609. The number of carbonyl (C=O) groups is 1. The van der Waals surface area contributed by atoms with Crippen molar-refractivity contribution in [3.8, 4) is 5.75 Å². The van der Waals surface area contributed by atoms with Crippen LogP contribution in [-0.4, -0.2) is 24.0 Å². The summed E-state index contributed by atoms with van der Waals surface area (Å²) in [4.78, 5) is 15.8. The molecule has 0 aliphatic rings. The number of benzene rings is 1. The molecule has 0 aliphatic carbocycles. The topological polar surface area (TPSA) is 55.6 Å². The van der Waals surface area contributed by atoms with E-state index >= 15 is 0 Å². The molecular formula is C16H20N2O2S. The molecule has 21 heavy (non-hydrogen) atoms. The summed E-state index contributed by atoms with van der Waals surface area (Å²) in [6, 6.07) is 9.26. The first-order chi connectivity index (χ1) is 10.0. The summed E-state index contributed by atoms with van der Waals surface area (Å²) in [5.41, 5.74) is 6.91. The van der Waals surface area contributed by atoms with Gasteiger partial charge >= 0.3 is 0 Å². The molecule has 5 heteroatoms. The minimum atomic E-state index is -0.0743. The molecule has 0 saturated heterocycles. The molecule has 0 spiro atoms. The Labute approximate surface area is 129 Å². The molecule has 0 fully saturated rings. The minimum absolute atomic E-state index is 0.0743. The normalized spacial score (nSPS) is 10.7. The molecule has 0 atom stereocenters. The maximum atomic E-state index is 12.8. The molecule has 1 amide bonds. The van der Waals surface area contributed by atoms with Crippen molar-refractivity contribution in [3.05, 3.63) is 46.2 Å². The van der Waals surface area contributed by atoms with E-state index in [-0.39, 0.29) is 11.9 Å². The van der Waals surface area contributed by atoms with Gasteiger partial charge in [0.25, 0.3) is 5.91 Å². The molecule has 0 unspecified atom stereocenters. The van der Waals surface area contributed by atoms with Crippen LogP contribution in [0.25, 0.3) is 0 Å². The summed E-state index contributed by atoms with van der Waals surface area (Å²) in [6.45, 7) is 4.59. The standard InChI is InChI=1S/C16H20N2O2S/c1-11(2)18(10-13-5-4-8-21-13)16(19)14-9-12(20-3)6-7-15(14)17/h4-9,11H,10,17H2,1-3H3. The molecule has 2 N–H and O–H groups in total. The van der Waals surface area contributed by atoms with Gasteiger partial charge in [-0.3, -0.25) is 4.79 Å². The van der Waals surface area contributed by atoms with Crippen molar-refractivity contribution in [2.75, 3.05) is 12.8 Å². The highest BCUT2D eigenvalue weighted by Gasteiger charge is 2.22. The molecule has 112 valence electrons. The lowest BCUT2D eigenvalue weighted by atomic mass is 10.1. The second kappa shape index (κ2) is 6.63. The van der Waals surface area contributed by atoms with Crippen molar-refractivity contribution in [1.29, 1.82) is 0 Å². The Kier molecular flexibility index (Phi) is 4.85. The van der Waals surface area contributed by atoms with Crippen LogP contribution < -0.4 is 10.5 Å². The first-order valence-corrected chi connectivity index (χ1v) is 7.67. The van der Waals surface area contributed by atoms with E-state index < -0.39 is 0 Å². The van der Waals surface area contributed by atoms with Crippen LogP contribution in [0, 0.1) is 0 Å². The van der Waals surface area contributed by atoms with Crippen LogP contribution in [0.5, 0.6) is 5.75 Å². The van der Waals surface area contributed by atoms with Gasteiger partial charge in [0.15, 0.2) is 0 Å². The zero-order valence-electron chi connectivity index (χ0n) is 12.5. The van der Waals surface area contributed by atoms with Crippen LogP contribution in [0.15, 0.2) is 35.7 Å². The van der Waals surface area contributed by atoms with Crippen LogP contribution in [0.3, 0.4) is 0 Å². The number of ether oxygens (including phenoxy) is 1. The zero-order valence-corrected chi connectivity index (χ0v) is 13.3. The van der Waals surface area contributed by atoms with Gasteiger partial charge in [0, 0.05) is 16.6 Å². The largest absolute Gasteiger partial charge is 0.497 e. The lowest BCUT2D eigenvalue weighted by Gasteiger charge is -2.27. The molecule has 0 aliphatic heterocycles. The molecule has 0 bridgehead atoms. The Morgan fingerprint density at radius 2 is 2.14 bits per heavy atom. The molecule has 0 saturated carbocycles. The molecule has 1 heterocycles. The van der Waals surface area contributed by atoms with Crippen molar-refractivity contribution >= 4 is 22.9 Å². The van der Waals surface area contributed by atoms with E-state index in [9.17, 15) is 4.79 Å². The lowest BCUT2D eigenvalue weighted by molar-refractivity contribution is 0.0693. The number of hydrogen-bond donors (Lipinski definition) is 1. The van der Waals surface area contributed by atoms with Gasteiger partial charge in [-0.1, -0.05) is 6.07 Å². The molecular weight excluding hydrogens is 284 g/mol. The van der Waals surface area contributed by atoms with Crippen LogP contribution in [0.2, 0.25) is 0 Å². The lowest BCUT2D eigenvalue weighted by Crippen LogP contribution is -2.36. The van der Waals surface area contributed by atoms with Crippen LogP contribution in [0.4, 0.5) is 5.69 Å². The third-order valence-corrected chi connectivity index (χ3v) is 4.14. The summed E-state index contributed by atoms with van der Waals surface area (Å²) >= 11 is 1.64. The number of hydrogen-bond acceptors (Lipinski definition) is 4. The number of methoxy groups -OCH3 is 1. The maximum absolute atomic E-state index is 12.8. The highest BCUT2D eigenvalue weighted by Crippen LogP contribution is 2.23. The van der Waals surface area contributed by atoms with Crippen molar-refractivity contribution in [2.45, 2.75) is 26.4 Å². The number of anilines is 1. The number of nitrogen functional groups attached to an aromatic ring is 1. The number of carbonyl (C=O) groups excluding carboxylic acids is 1. The first kappa shape index (κ1) is 15.4. The van der Waals surface area contributed by atoms with Crippen molar-refractivity contribution in [3.63, 3.8) is 0 Å². The number of nitrogens with two attached hydrogens (primary N) is 1. The summed E-state index contributed by atoms with van der Waals surface area (Å²) in [6.07, 6.45) is 0. The van der Waals surface area contributed by atoms with E-state index in [1.807, 2.05) is 36.3 Å². The summed E-state index contributed by atoms with van der Waals surface area (Å²) in [5, 5.41) is 2.01. The van der Waals surface area contributed by atoms with Gasteiger partial charge in [0.05, 0.1) is 19.2 Å². The van der Waals surface area contributed by atoms with Gasteiger partial charge in [-0.25, -0.2) is 0 Å². The second-order valence-electron chi connectivity index (χ2n) is 5.06. The molecule has 1 aromatic heterocycles. The third kappa shape index (κ3) is 3.55. The van der Waals surface area contributed by atoms with Crippen molar-refractivity contribution in [2.24, 2.45) is 0 Å². The van der Waals surface area contributed by atoms with E-state index in [1.165, 1.54) is 0 Å². The first-order valence-electron chi connectivity index (χ1n) is 6.79. The Morgan fingerprint density at radius 1 is 1.38 bits per heavy atom. The fraction of sp³-hybridized carbons (Fsp3) is 0.312. The van der Waals surface area contributed by atoms with Crippen molar-refractivity contribution < 1.29 is 9.53 Å². The van der Waals surface area contributed by atoms with Gasteiger partial charge in [-0.2, -0.15) is 0 Å². The smallest absolute Gasteiger partial charge is 0.256 e. The monoisotopic (exact) mass is 304 g/mol. The second-order valence-corrected chi connectivity index (χ2v) is 6.09. The van der Waals surface area contributed by atoms with Crippen LogP contribution >= 0.6 is 11.3 Å². The van der Waals surface area contributed by atoms with Gasteiger partial charge in [-0.05, 0) is 43.5 Å². The summed E-state index contributed by atoms with van der Waals surface area (Å²) in [7, 11) is 1.58. The summed E-state index contributed by atoms with van der Waals surface area (Å²) in [5.74, 6) is 0.558. The van der Waals surface area contributed by atoms with Gasteiger partial charge in [-0.15, -0.1) is 11.3 Å². The van der Waals surface area contributed by atoms with Gasteiger partial charge in [0.1, 0.15) is 5.75 Å². The van der Waals surface area contributed by atoms with E-state index in [0.717, 1.165) is 4.88 Å². The highest BCUT2D eigenvalue weighted by atomic mass is 32.1. The fourth-order valence-electron chi connectivity index (χ4n) is 2.06. The van der Waals surface area contributed by atoms with Crippen LogP contribution in [-0.2, 0) is 6.54 Å². The van der Waals surface area contributed by atoms with Crippen LogP contribution in [0.1, 0.15) is 29.1 Å². The van der Waals surface area contributed by atoms with E-state index in [2.05, 4.69) is 0 Å². The van der Waals surface area contributed by atoms with E-state index in [0.29, 0.717) is 23.5 Å². The number of amides is 1. The van der Waals surface area contributed by atoms with E-state index in [1.54, 1.807) is 36.6 Å². The minimum Gasteiger partial charge on any atom is -0.497 e. The third-order valence-electron chi connectivity index (χ3n) is 3.28. The number of thiophene rings is 1. The summed E-state index contributed by atoms with van der Waals surface area (Å²) < 4.78 is 5.18. The Hall–Kier alpha value is -2.01.